The Morgan fingerprint density at radius 2 is 1.71 bits per heavy atom. The molecule has 0 saturated heterocycles. The van der Waals surface area contributed by atoms with E-state index in [-0.39, 0.29) is 14.1 Å². The van der Waals surface area contributed by atoms with Crippen molar-refractivity contribution in [3.63, 3.8) is 0 Å². The zero-order valence-electron chi connectivity index (χ0n) is 13.9. The fraction of sp³-hybridized carbons (Fsp3) is 0.588. The number of carbonyl (C=O) groups is 1. The first-order chi connectivity index (χ1) is 9.78. The predicted molar refractivity (Wildman–Crippen MR) is 90.3 cm³/mol. The highest BCUT2D eigenvalue weighted by Crippen LogP contribution is 2.36. The van der Waals surface area contributed by atoms with Gasteiger partial charge in [0.1, 0.15) is 17.1 Å². The van der Waals surface area contributed by atoms with Crippen molar-refractivity contribution in [3.8, 4) is 11.5 Å². The molecule has 0 aliphatic rings. The monoisotopic (exact) mass is 310 g/mol. The fourth-order valence-corrected chi connectivity index (χ4v) is 3.65. The lowest BCUT2D eigenvalue weighted by molar-refractivity contribution is 0.107. The number of methoxy groups -OCH3 is 2. The Morgan fingerprint density at radius 1 is 1.19 bits per heavy atom. The molecule has 0 N–H and O–H groups in total. The first-order valence-electron chi connectivity index (χ1n) is 7.27. The van der Waals surface area contributed by atoms with Crippen molar-refractivity contribution in [2.24, 2.45) is 11.3 Å². The molecule has 4 heteroatoms. The smallest absolute Gasteiger partial charge is 0.188 e. The lowest BCUT2D eigenvalue weighted by atomic mass is 9.86. The Labute approximate surface area is 130 Å². The molecular weight excluding hydrogens is 283 g/mol. The summed E-state index contributed by atoms with van der Waals surface area (Å²) in [4.78, 5) is 12.5. The quantitative estimate of drug-likeness (QED) is 0.691. The summed E-state index contributed by atoms with van der Waals surface area (Å²) in [6.45, 7) is 8.91. The minimum Gasteiger partial charge on any atom is -0.496 e. The van der Waals surface area contributed by atoms with Gasteiger partial charge in [0.25, 0.3) is 0 Å². The number of hydrogen-bond donors (Lipinski definition) is 0. The van der Waals surface area contributed by atoms with Crippen molar-refractivity contribution in [3.05, 3.63) is 23.8 Å². The third-order valence-corrected chi connectivity index (χ3v) is 4.70. The first kappa shape index (κ1) is 18.0. The molecule has 0 aliphatic carbocycles. The van der Waals surface area contributed by atoms with Gasteiger partial charge < -0.3 is 9.47 Å². The van der Waals surface area contributed by atoms with Crippen LogP contribution >= 0.6 is 8.58 Å². The maximum absolute atomic E-state index is 12.5. The van der Waals surface area contributed by atoms with Gasteiger partial charge in [0, 0.05) is 0 Å². The van der Waals surface area contributed by atoms with E-state index >= 15 is 0 Å². The Hall–Kier alpha value is -1.08. The SMILES string of the molecule is COc1cccc(OC)c1C(=O)PCC(C)CC(C)(C)C. The summed E-state index contributed by atoms with van der Waals surface area (Å²) in [6.07, 6.45) is 2.04. The van der Waals surface area contributed by atoms with Crippen LogP contribution in [0.25, 0.3) is 0 Å². The van der Waals surface area contributed by atoms with Gasteiger partial charge in [0.2, 0.25) is 0 Å². The average Bonchev–Trinajstić information content (AvgIpc) is 2.41. The van der Waals surface area contributed by atoms with Crippen LogP contribution in [0, 0.1) is 11.3 Å². The van der Waals surface area contributed by atoms with Gasteiger partial charge in [-0.3, -0.25) is 4.79 Å². The molecular formula is C17H27O3P. The average molecular weight is 310 g/mol. The van der Waals surface area contributed by atoms with Crippen molar-refractivity contribution >= 4 is 14.1 Å². The van der Waals surface area contributed by atoms with E-state index in [2.05, 4.69) is 27.7 Å². The molecule has 0 amide bonds. The van der Waals surface area contributed by atoms with E-state index in [0.29, 0.717) is 28.4 Å². The molecule has 0 aromatic heterocycles. The molecule has 3 nitrogen and oxygen atoms in total. The number of carbonyl (C=O) groups excluding carboxylic acids is 1. The summed E-state index contributed by atoms with van der Waals surface area (Å²) >= 11 is 0. The molecule has 118 valence electrons. The molecule has 1 aromatic rings. The molecule has 2 unspecified atom stereocenters. The Kier molecular flexibility index (Phi) is 6.67. The van der Waals surface area contributed by atoms with Gasteiger partial charge in [-0.1, -0.05) is 33.8 Å². The molecule has 1 rings (SSSR count). The zero-order chi connectivity index (χ0) is 16.0. The van der Waals surface area contributed by atoms with Gasteiger partial charge in [-0.15, -0.1) is 0 Å². The summed E-state index contributed by atoms with van der Waals surface area (Å²) < 4.78 is 10.6. The van der Waals surface area contributed by atoms with E-state index in [1.54, 1.807) is 26.4 Å². The molecule has 0 fully saturated rings. The van der Waals surface area contributed by atoms with Gasteiger partial charge in [-0.2, -0.15) is 0 Å². The van der Waals surface area contributed by atoms with Crippen LogP contribution in [-0.4, -0.2) is 25.9 Å². The maximum atomic E-state index is 12.5. The molecule has 0 aliphatic heterocycles. The number of hydrogen-bond acceptors (Lipinski definition) is 3. The second-order valence-electron chi connectivity index (χ2n) is 6.62. The topological polar surface area (TPSA) is 35.5 Å². The maximum Gasteiger partial charge on any atom is 0.188 e. The Morgan fingerprint density at radius 3 is 2.14 bits per heavy atom. The zero-order valence-corrected chi connectivity index (χ0v) is 14.9. The van der Waals surface area contributed by atoms with Gasteiger partial charge >= 0.3 is 0 Å². The molecule has 0 heterocycles. The standard InChI is InChI=1S/C17H27O3P/c1-12(10-17(2,3)4)11-21-16(18)15-13(19-5)8-7-9-14(15)20-6/h7-9,12,21H,10-11H2,1-6H3. The van der Waals surface area contributed by atoms with E-state index in [0.717, 1.165) is 12.6 Å². The fourth-order valence-electron chi connectivity index (χ4n) is 2.55. The summed E-state index contributed by atoms with van der Waals surface area (Å²) in [5.41, 5.74) is 0.989. The summed E-state index contributed by atoms with van der Waals surface area (Å²) in [6, 6.07) is 5.44. The van der Waals surface area contributed by atoms with Crippen LogP contribution in [0.2, 0.25) is 0 Å². The van der Waals surface area contributed by atoms with E-state index in [1.165, 1.54) is 0 Å². The van der Waals surface area contributed by atoms with Crippen LogP contribution in [0.5, 0.6) is 11.5 Å². The lowest BCUT2D eigenvalue weighted by Gasteiger charge is -2.23. The third kappa shape index (κ3) is 5.67. The molecule has 0 radical (unpaired) electrons. The van der Waals surface area contributed by atoms with Gasteiger partial charge in [0.15, 0.2) is 5.52 Å². The minimum absolute atomic E-state index is 0.116. The van der Waals surface area contributed by atoms with Crippen molar-refractivity contribution < 1.29 is 14.3 Å². The normalized spacial score (nSPS) is 13.4. The number of ether oxygens (including phenoxy) is 2. The van der Waals surface area contributed by atoms with E-state index in [4.69, 9.17) is 9.47 Å². The van der Waals surface area contributed by atoms with Crippen LogP contribution in [0.3, 0.4) is 0 Å². The molecule has 0 spiro atoms. The highest BCUT2D eigenvalue weighted by molar-refractivity contribution is 7.58. The van der Waals surface area contributed by atoms with Crippen LogP contribution in [0.4, 0.5) is 0 Å². The number of rotatable bonds is 7. The van der Waals surface area contributed by atoms with Crippen LogP contribution in [-0.2, 0) is 0 Å². The molecule has 0 saturated carbocycles. The first-order valence-corrected chi connectivity index (χ1v) is 8.48. The molecule has 2 atom stereocenters. The summed E-state index contributed by atoms with van der Waals surface area (Å²) in [7, 11) is 3.41. The molecule has 1 aromatic carbocycles. The third-order valence-electron chi connectivity index (χ3n) is 3.23. The van der Waals surface area contributed by atoms with Crippen LogP contribution < -0.4 is 9.47 Å². The van der Waals surface area contributed by atoms with Crippen molar-refractivity contribution in [2.75, 3.05) is 20.4 Å². The highest BCUT2D eigenvalue weighted by atomic mass is 31.1. The second kappa shape index (κ2) is 7.79. The predicted octanol–water partition coefficient (Wildman–Crippen LogP) is 4.59. The Bertz CT molecular complexity index is 455. The van der Waals surface area contributed by atoms with Crippen molar-refractivity contribution in [1.82, 2.24) is 0 Å². The lowest BCUT2D eigenvalue weighted by Crippen LogP contribution is -2.13. The number of benzene rings is 1. The highest BCUT2D eigenvalue weighted by Gasteiger charge is 2.20. The minimum atomic E-state index is 0.116. The second-order valence-corrected chi connectivity index (χ2v) is 7.83. The Balaban J connectivity index is 2.76. The van der Waals surface area contributed by atoms with Crippen LogP contribution in [0.1, 0.15) is 44.5 Å². The molecule has 0 bridgehead atoms. The van der Waals surface area contributed by atoms with Gasteiger partial charge in [-0.05, 0) is 44.6 Å². The van der Waals surface area contributed by atoms with E-state index < -0.39 is 0 Å². The van der Waals surface area contributed by atoms with E-state index in [9.17, 15) is 4.79 Å². The summed E-state index contributed by atoms with van der Waals surface area (Å²) in [5.74, 6) is 1.72. The van der Waals surface area contributed by atoms with Crippen molar-refractivity contribution in [2.45, 2.75) is 34.1 Å². The van der Waals surface area contributed by atoms with Crippen molar-refractivity contribution in [1.29, 1.82) is 0 Å². The molecule has 21 heavy (non-hydrogen) atoms. The van der Waals surface area contributed by atoms with Gasteiger partial charge in [-0.25, -0.2) is 0 Å². The van der Waals surface area contributed by atoms with E-state index in [1.807, 2.05) is 6.07 Å². The van der Waals surface area contributed by atoms with Gasteiger partial charge in [0.05, 0.1) is 14.2 Å². The largest absolute Gasteiger partial charge is 0.496 e. The summed E-state index contributed by atoms with van der Waals surface area (Å²) in [5, 5.41) is 0. The van der Waals surface area contributed by atoms with Crippen LogP contribution in [0.15, 0.2) is 18.2 Å².